The molecule has 0 atom stereocenters. The highest BCUT2D eigenvalue weighted by Gasteiger charge is 2.28. The average Bonchev–Trinajstić information content (AvgIpc) is 3.08. The van der Waals surface area contributed by atoms with Crippen LogP contribution < -0.4 is 5.32 Å². The molecule has 0 saturated heterocycles. The molecule has 0 spiro atoms. The Labute approximate surface area is 171 Å². The first-order valence-electron chi connectivity index (χ1n) is 8.43. The number of benzene rings is 2. The Balaban J connectivity index is 2.06. The summed E-state index contributed by atoms with van der Waals surface area (Å²) in [5.41, 5.74) is 0.689. The molecule has 0 amide bonds. The quantitative estimate of drug-likeness (QED) is 0.443. The van der Waals surface area contributed by atoms with E-state index in [2.05, 4.69) is 33.2 Å². The van der Waals surface area contributed by atoms with Crippen LogP contribution in [0.4, 0.5) is 5.88 Å². The monoisotopic (exact) mass is 468 g/mol. The zero-order chi connectivity index (χ0) is 19.4. The van der Waals surface area contributed by atoms with Crippen molar-refractivity contribution < 1.29 is 12.8 Å². The van der Waals surface area contributed by atoms with Crippen LogP contribution >= 0.6 is 27.5 Å². The Bertz CT molecular complexity index is 1020. The lowest BCUT2D eigenvalue weighted by Crippen LogP contribution is -2.08. The largest absolute Gasteiger partial charge is 0.419 e. The van der Waals surface area contributed by atoms with Gasteiger partial charge in [-0.1, -0.05) is 40.9 Å². The summed E-state index contributed by atoms with van der Waals surface area (Å²) < 4.78 is 32.9. The number of nitrogens with zero attached hydrogens (tertiary/aromatic N) is 1. The van der Waals surface area contributed by atoms with E-state index in [1.165, 1.54) is 24.3 Å². The lowest BCUT2D eigenvalue weighted by molar-refractivity contribution is 0.575. The fraction of sp³-hybridized carbons (Fsp3) is 0.211. The maximum absolute atomic E-state index is 13.1. The molecule has 142 valence electrons. The van der Waals surface area contributed by atoms with Crippen molar-refractivity contribution in [3.63, 3.8) is 0 Å². The van der Waals surface area contributed by atoms with Crippen molar-refractivity contribution in [2.75, 3.05) is 11.9 Å². The number of anilines is 1. The molecular weight excluding hydrogens is 452 g/mol. The second-order valence-electron chi connectivity index (χ2n) is 5.90. The van der Waals surface area contributed by atoms with E-state index in [9.17, 15) is 8.42 Å². The molecular formula is C19H18BrClN2O3S. The number of halogens is 2. The number of rotatable bonds is 7. The van der Waals surface area contributed by atoms with Crippen LogP contribution in [0.15, 0.2) is 67.3 Å². The van der Waals surface area contributed by atoms with Crippen LogP contribution in [0.3, 0.4) is 0 Å². The smallest absolute Gasteiger partial charge is 0.233 e. The number of oxazole rings is 1. The Hall–Kier alpha value is -1.83. The van der Waals surface area contributed by atoms with Gasteiger partial charge in [0.1, 0.15) is 0 Å². The Morgan fingerprint density at radius 1 is 1.11 bits per heavy atom. The van der Waals surface area contributed by atoms with Gasteiger partial charge < -0.3 is 9.73 Å². The molecule has 5 nitrogen and oxygen atoms in total. The Kier molecular flexibility index (Phi) is 6.24. The summed E-state index contributed by atoms with van der Waals surface area (Å²) in [7, 11) is -3.85. The van der Waals surface area contributed by atoms with E-state index >= 15 is 0 Å². The number of hydrogen-bond acceptors (Lipinski definition) is 5. The summed E-state index contributed by atoms with van der Waals surface area (Å²) in [5, 5.41) is 3.40. The zero-order valence-corrected chi connectivity index (χ0v) is 17.7. The summed E-state index contributed by atoms with van der Waals surface area (Å²) in [6.45, 7) is 2.65. The molecule has 0 fully saturated rings. The zero-order valence-electron chi connectivity index (χ0n) is 14.6. The predicted molar refractivity (Wildman–Crippen MR) is 110 cm³/mol. The summed E-state index contributed by atoms with van der Waals surface area (Å²) in [4.78, 5) is 4.41. The van der Waals surface area contributed by atoms with Crippen molar-refractivity contribution in [1.29, 1.82) is 0 Å². The lowest BCUT2D eigenvalue weighted by Gasteiger charge is -2.05. The normalized spacial score (nSPS) is 11.5. The molecule has 1 heterocycles. The third kappa shape index (κ3) is 4.54. The van der Waals surface area contributed by atoms with Crippen LogP contribution in [0.5, 0.6) is 0 Å². The SMILES string of the molecule is CCCCNc1oc(-c2ccc(Br)cc2)nc1S(=O)(=O)c1ccc(Cl)cc1. The van der Waals surface area contributed by atoms with Gasteiger partial charge in [-0.3, -0.25) is 0 Å². The standard InChI is InChI=1S/C19H18BrClN2O3S/c1-2-3-12-22-18-19(27(24,25)16-10-8-15(21)9-11-16)23-17(26-18)13-4-6-14(20)7-5-13/h4-11,22H,2-3,12H2,1H3. The molecule has 3 aromatic rings. The van der Waals surface area contributed by atoms with Gasteiger partial charge in [0, 0.05) is 21.6 Å². The van der Waals surface area contributed by atoms with Crippen LogP contribution in [-0.4, -0.2) is 19.9 Å². The number of nitrogens with one attached hydrogen (secondary N) is 1. The molecule has 0 bridgehead atoms. The van der Waals surface area contributed by atoms with Gasteiger partial charge in [0.15, 0.2) is 0 Å². The van der Waals surface area contributed by atoms with Gasteiger partial charge in [-0.05, 0) is 55.0 Å². The van der Waals surface area contributed by atoms with E-state index in [0.29, 0.717) is 17.1 Å². The summed E-state index contributed by atoms with van der Waals surface area (Å²) in [5.74, 6) is 0.394. The van der Waals surface area contributed by atoms with Crippen LogP contribution in [-0.2, 0) is 9.84 Å². The minimum absolute atomic E-state index is 0.112. The topological polar surface area (TPSA) is 72.2 Å². The highest BCUT2D eigenvalue weighted by atomic mass is 79.9. The van der Waals surface area contributed by atoms with Gasteiger partial charge in [-0.2, -0.15) is 4.98 Å². The maximum Gasteiger partial charge on any atom is 0.233 e. The molecule has 0 unspecified atom stereocenters. The van der Waals surface area contributed by atoms with Crippen molar-refractivity contribution >= 4 is 43.3 Å². The summed E-state index contributed by atoms with van der Waals surface area (Å²) >= 11 is 9.25. The van der Waals surface area contributed by atoms with Crippen LogP contribution in [0.1, 0.15) is 19.8 Å². The maximum atomic E-state index is 13.1. The van der Waals surface area contributed by atoms with Gasteiger partial charge in [0.25, 0.3) is 0 Å². The highest BCUT2D eigenvalue weighted by molar-refractivity contribution is 9.10. The van der Waals surface area contributed by atoms with E-state index in [1.807, 2.05) is 24.3 Å². The molecule has 0 aliphatic rings. The van der Waals surface area contributed by atoms with Gasteiger partial charge in [0.2, 0.25) is 26.6 Å². The van der Waals surface area contributed by atoms with Crippen molar-refractivity contribution in [3.05, 3.63) is 58.0 Å². The fourth-order valence-corrected chi connectivity index (χ4v) is 4.09. The predicted octanol–water partition coefficient (Wildman–Crippen LogP) is 5.80. The minimum atomic E-state index is -3.85. The summed E-state index contributed by atoms with van der Waals surface area (Å²) in [6, 6.07) is 13.3. The van der Waals surface area contributed by atoms with E-state index in [1.54, 1.807) is 0 Å². The van der Waals surface area contributed by atoms with Gasteiger partial charge in [0.05, 0.1) is 4.90 Å². The van der Waals surface area contributed by atoms with Gasteiger partial charge in [-0.25, -0.2) is 8.42 Å². The number of aromatic nitrogens is 1. The van der Waals surface area contributed by atoms with E-state index in [4.69, 9.17) is 16.0 Å². The third-order valence-electron chi connectivity index (χ3n) is 3.88. The molecule has 1 aromatic heterocycles. The fourth-order valence-electron chi connectivity index (χ4n) is 2.42. The molecule has 2 aromatic carbocycles. The van der Waals surface area contributed by atoms with Crippen LogP contribution in [0, 0.1) is 0 Å². The second-order valence-corrected chi connectivity index (χ2v) is 9.11. The van der Waals surface area contributed by atoms with Crippen LogP contribution in [0.2, 0.25) is 5.02 Å². The second kappa shape index (κ2) is 8.46. The Morgan fingerprint density at radius 2 is 1.78 bits per heavy atom. The number of unbranched alkanes of at least 4 members (excludes halogenated alkanes) is 1. The van der Waals surface area contributed by atoms with Crippen LogP contribution in [0.25, 0.3) is 11.5 Å². The number of hydrogen-bond donors (Lipinski definition) is 1. The molecule has 27 heavy (non-hydrogen) atoms. The van der Waals surface area contributed by atoms with Gasteiger partial charge >= 0.3 is 0 Å². The Morgan fingerprint density at radius 3 is 2.41 bits per heavy atom. The first-order valence-corrected chi connectivity index (χ1v) is 11.1. The molecule has 0 saturated carbocycles. The molecule has 0 aliphatic carbocycles. The van der Waals surface area contributed by atoms with E-state index in [0.717, 1.165) is 17.3 Å². The molecule has 8 heteroatoms. The molecule has 3 rings (SSSR count). The molecule has 1 N–H and O–H groups in total. The summed E-state index contributed by atoms with van der Waals surface area (Å²) in [6.07, 6.45) is 1.86. The lowest BCUT2D eigenvalue weighted by atomic mass is 10.2. The highest BCUT2D eigenvalue weighted by Crippen LogP contribution is 2.33. The van der Waals surface area contributed by atoms with E-state index < -0.39 is 9.84 Å². The number of sulfone groups is 1. The van der Waals surface area contributed by atoms with Crippen molar-refractivity contribution in [2.24, 2.45) is 0 Å². The van der Waals surface area contributed by atoms with Gasteiger partial charge in [-0.15, -0.1) is 0 Å². The molecule has 0 aliphatic heterocycles. The van der Waals surface area contributed by atoms with Crippen molar-refractivity contribution in [3.8, 4) is 11.5 Å². The van der Waals surface area contributed by atoms with E-state index in [-0.39, 0.29) is 21.7 Å². The molecule has 0 radical (unpaired) electrons. The average molecular weight is 470 g/mol. The minimum Gasteiger partial charge on any atom is -0.419 e. The first kappa shape index (κ1) is 19.9. The first-order chi connectivity index (χ1) is 12.9. The van der Waals surface area contributed by atoms with Crippen molar-refractivity contribution in [2.45, 2.75) is 29.7 Å². The van der Waals surface area contributed by atoms with Crippen molar-refractivity contribution in [1.82, 2.24) is 4.98 Å². The third-order valence-corrected chi connectivity index (χ3v) is 6.34.